The van der Waals surface area contributed by atoms with Crippen LogP contribution in [0, 0.1) is 0 Å². The molecule has 152 valence electrons. The van der Waals surface area contributed by atoms with E-state index >= 15 is 0 Å². The van der Waals surface area contributed by atoms with Crippen LogP contribution in [0.2, 0.25) is 0 Å². The average molecular weight is 394 g/mol. The molecule has 1 saturated heterocycles. The molecule has 1 aromatic heterocycles. The van der Waals surface area contributed by atoms with Crippen LogP contribution in [0.3, 0.4) is 0 Å². The Kier molecular flexibility index (Phi) is 5.67. The van der Waals surface area contributed by atoms with Gasteiger partial charge in [0.05, 0.1) is 37.5 Å². The summed E-state index contributed by atoms with van der Waals surface area (Å²) >= 11 is 0. The van der Waals surface area contributed by atoms with E-state index in [1.165, 1.54) is 0 Å². The number of methoxy groups -OCH3 is 2. The van der Waals surface area contributed by atoms with Gasteiger partial charge in [-0.2, -0.15) is 0 Å². The highest BCUT2D eigenvalue weighted by Gasteiger charge is 2.25. The van der Waals surface area contributed by atoms with Gasteiger partial charge in [-0.25, -0.2) is 4.98 Å². The molecule has 1 unspecified atom stereocenters. The highest BCUT2D eigenvalue weighted by atomic mass is 16.5. The van der Waals surface area contributed by atoms with Gasteiger partial charge in [-0.15, -0.1) is 0 Å². The number of ether oxygens (including phenoxy) is 2. The fraction of sp³-hybridized carbons (Fsp3) is 0.364. The molecule has 3 aromatic rings. The van der Waals surface area contributed by atoms with Crippen LogP contribution in [-0.2, 0) is 4.79 Å². The molecule has 7 nitrogen and oxygen atoms in total. The maximum Gasteiger partial charge on any atom is 0.238 e. The number of fused-ring (bicyclic) bond motifs is 1. The smallest absolute Gasteiger partial charge is 0.238 e. The van der Waals surface area contributed by atoms with Crippen LogP contribution < -0.4 is 14.8 Å². The van der Waals surface area contributed by atoms with E-state index in [0.29, 0.717) is 29.6 Å². The molecule has 7 heteroatoms. The standard InChI is InChI=1S/C22H26N4O3/c1-28-16-9-10-19(20(12-16)29-2)23-21(27)14-26-11-5-6-15(13-26)22-24-17-7-3-4-8-18(17)25-22/h3-4,7-10,12,15H,5-6,11,13-14H2,1-2H3,(H,23,27)(H,24,25). The number of imidazole rings is 1. The number of carbonyl (C=O) groups is 1. The van der Waals surface area contributed by atoms with Crippen molar-refractivity contribution < 1.29 is 14.3 Å². The van der Waals surface area contributed by atoms with E-state index in [4.69, 9.17) is 14.5 Å². The van der Waals surface area contributed by atoms with Crippen LogP contribution in [0.5, 0.6) is 11.5 Å². The number of hydrogen-bond donors (Lipinski definition) is 2. The maximum atomic E-state index is 12.6. The number of aromatic amines is 1. The molecule has 2 aromatic carbocycles. The van der Waals surface area contributed by atoms with Crippen LogP contribution in [0.25, 0.3) is 11.0 Å². The monoisotopic (exact) mass is 394 g/mol. The number of amides is 1. The number of nitrogens with one attached hydrogen (secondary N) is 2. The predicted molar refractivity (Wildman–Crippen MR) is 113 cm³/mol. The lowest BCUT2D eigenvalue weighted by Crippen LogP contribution is -2.40. The lowest BCUT2D eigenvalue weighted by atomic mass is 9.97. The Balaban J connectivity index is 1.39. The van der Waals surface area contributed by atoms with Gasteiger partial charge in [-0.05, 0) is 43.7 Å². The van der Waals surface area contributed by atoms with Crippen molar-refractivity contribution in [3.05, 3.63) is 48.3 Å². The van der Waals surface area contributed by atoms with E-state index in [-0.39, 0.29) is 5.91 Å². The fourth-order valence-corrected chi connectivity index (χ4v) is 3.88. The summed E-state index contributed by atoms with van der Waals surface area (Å²) in [5, 5.41) is 2.95. The summed E-state index contributed by atoms with van der Waals surface area (Å²) in [5.74, 6) is 2.52. The molecule has 0 spiro atoms. The van der Waals surface area contributed by atoms with E-state index in [2.05, 4.69) is 15.2 Å². The summed E-state index contributed by atoms with van der Waals surface area (Å²) in [5.41, 5.74) is 2.69. The number of anilines is 1. The number of nitrogens with zero attached hydrogens (tertiary/aromatic N) is 2. The molecule has 0 radical (unpaired) electrons. The van der Waals surface area contributed by atoms with Crippen molar-refractivity contribution in [1.82, 2.24) is 14.9 Å². The zero-order valence-corrected chi connectivity index (χ0v) is 16.8. The first-order valence-corrected chi connectivity index (χ1v) is 9.85. The minimum atomic E-state index is -0.0567. The SMILES string of the molecule is COc1ccc(NC(=O)CN2CCCC(c3nc4ccccc4[nH]3)C2)c(OC)c1. The van der Waals surface area contributed by atoms with Gasteiger partial charge in [0.25, 0.3) is 0 Å². The number of rotatable bonds is 6. The van der Waals surface area contributed by atoms with E-state index < -0.39 is 0 Å². The van der Waals surface area contributed by atoms with Gasteiger partial charge in [0.15, 0.2) is 0 Å². The van der Waals surface area contributed by atoms with Crippen molar-refractivity contribution in [3.8, 4) is 11.5 Å². The molecule has 1 aliphatic heterocycles. The van der Waals surface area contributed by atoms with Crippen LogP contribution in [0.1, 0.15) is 24.6 Å². The molecule has 1 aliphatic rings. The second-order valence-electron chi connectivity index (χ2n) is 7.33. The van der Waals surface area contributed by atoms with Gasteiger partial charge in [-0.3, -0.25) is 9.69 Å². The van der Waals surface area contributed by atoms with E-state index in [1.807, 2.05) is 24.3 Å². The highest BCUT2D eigenvalue weighted by Crippen LogP contribution is 2.30. The van der Waals surface area contributed by atoms with Crippen molar-refractivity contribution in [2.24, 2.45) is 0 Å². The summed E-state index contributed by atoms with van der Waals surface area (Å²) in [7, 11) is 3.18. The van der Waals surface area contributed by atoms with E-state index in [0.717, 1.165) is 42.8 Å². The van der Waals surface area contributed by atoms with Gasteiger partial charge in [0.1, 0.15) is 17.3 Å². The average Bonchev–Trinajstić information content (AvgIpc) is 3.18. The van der Waals surface area contributed by atoms with Gasteiger partial charge in [0.2, 0.25) is 5.91 Å². The number of aromatic nitrogens is 2. The van der Waals surface area contributed by atoms with Crippen molar-refractivity contribution in [2.45, 2.75) is 18.8 Å². The molecule has 0 bridgehead atoms. The first kappa shape index (κ1) is 19.3. The predicted octanol–water partition coefficient (Wildman–Crippen LogP) is 3.40. The molecule has 2 N–H and O–H groups in total. The third kappa shape index (κ3) is 4.35. The Bertz CT molecular complexity index is 968. The topological polar surface area (TPSA) is 79.5 Å². The van der Waals surface area contributed by atoms with Crippen molar-refractivity contribution in [2.75, 3.05) is 39.2 Å². The number of piperidine rings is 1. The van der Waals surface area contributed by atoms with Crippen LogP contribution >= 0.6 is 0 Å². The van der Waals surface area contributed by atoms with Crippen LogP contribution in [0.15, 0.2) is 42.5 Å². The minimum Gasteiger partial charge on any atom is -0.497 e. The first-order chi connectivity index (χ1) is 14.2. The van der Waals surface area contributed by atoms with Gasteiger partial charge >= 0.3 is 0 Å². The normalized spacial score (nSPS) is 17.2. The summed E-state index contributed by atoms with van der Waals surface area (Å²) in [4.78, 5) is 23.0. The maximum absolute atomic E-state index is 12.6. The molecular formula is C22H26N4O3. The molecule has 0 aliphatic carbocycles. The molecule has 1 fully saturated rings. The zero-order valence-electron chi connectivity index (χ0n) is 16.8. The Morgan fingerprint density at radius 3 is 2.90 bits per heavy atom. The third-order valence-electron chi connectivity index (χ3n) is 5.35. The molecular weight excluding hydrogens is 368 g/mol. The third-order valence-corrected chi connectivity index (χ3v) is 5.35. The van der Waals surface area contributed by atoms with E-state index in [1.54, 1.807) is 32.4 Å². The van der Waals surface area contributed by atoms with Gasteiger partial charge in [-0.1, -0.05) is 12.1 Å². The second-order valence-corrected chi connectivity index (χ2v) is 7.33. The molecule has 1 atom stereocenters. The quantitative estimate of drug-likeness (QED) is 0.670. The van der Waals surface area contributed by atoms with Gasteiger partial charge in [0, 0.05) is 18.5 Å². The first-order valence-electron chi connectivity index (χ1n) is 9.85. The second kappa shape index (κ2) is 8.53. The number of likely N-dealkylation sites (tertiary alicyclic amines) is 1. The molecule has 0 saturated carbocycles. The lowest BCUT2D eigenvalue weighted by molar-refractivity contribution is -0.117. The lowest BCUT2D eigenvalue weighted by Gasteiger charge is -2.31. The Morgan fingerprint density at radius 2 is 2.10 bits per heavy atom. The van der Waals surface area contributed by atoms with Crippen LogP contribution in [-0.4, -0.2) is 54.6 Å². The fourth-order valence-electron chi connectivity index (χ4n) is 3.88. The summed E-state index contributed by atoms with van der Waals surface area (Å²) < 4.78 is 10.6. The molecule has 1 amide bonds. The number of benzene rings is 2. The molecule has 29 heavy (non-hydrogen) atoms. The van der Waals surface area contributed by atoms with Crippen molar-refractivity contribution in [1.29, 1.82) is 0 Å². The number of H-pyrrole nitrogens is 1. The minimum absolute atomic E-state index is 0.0567. The van der Waals surface area contributed by atoms with Crippen LogP contribution in [0.4, 0.5) is 5.69 Å². The highest BCUT2D eigenvalue weighted by molar-refractivity contribution is 5.93. The largest absolute Gasteiger partial charge is 0.497 e. The number of para-hydroxylation sites is 2. The van der Waals surface area contributed by atoms with Crippen molar-refractivity contribution in [3.63, 3.8) is 0 Å². The Labute approximate surface area is 170 Å². The zero-order chi connectivity index (χ0) is 20.2. The number of hydrogen-bond acceptors (Lipinski definition) is 5. The molecule has 2 heterocycles. The Morgan fingerprint density at radius 1 is 1.24 bits per heavy atom. The summed E-state index contributed by atoms with van der Waals surface area (Å²) in [6, 6.07) is 13.4. The molecule has 4 rings (SSSR count). The Hall–Kier alpha value is -3.06. The van der Waals surface area contributed by atoms with E-state index in [9.17, 15) is 4.79 Å². The number of carbonyl (C=O) groups excluding carboxylic acids is 1. The van der Waals surface area contributed by atoms with Crippen molar-refractivity contribution >= 4 is 22.6 Å². The van der Waals surface area contributed by atoms with Gasteiger partial charge < -0.3 is 19.8 Å². The summed E-state index contributed by atoms with van der Waals surface area (Å²) in [6.45, 7) is 2.06. The summed E-state index contributed by atoms with van der Waals surface area (Å²) in [6.07, 6.45) is 2.12.